The van der Waals surface area contributed by atoms with Gasteiger partial charge in [-0.15, -0.1) is 0 Å². The van der Waals surface area contributed by atoms with Crippen LogP contribution >= 0.6 is 0 Å². The number of nitrogens with zero attached hydrogens (tertiary/aromatic N) is 1. The van der Waals surface area contributed by atoms with Crippen molar-refractivity contribution in [3.63, 3.8) is 0 Å². The third-order valence-electron chi connectivity index (χ3n) is 4.16. The summed E-state index contributed by atoms with van der Waals surface area (Å²) in [7, 11) is 2.89. The summed E-state index contributed by atoms with van der Waals surface area (Å²) in [5.41, 5.74) is -0.631. The van der Waals surface area contributed by atoms with Gasteiger partial charge in [0.1, 0.15) is 17.0 Å². The van der Waals surface area contributed by atoms with Crippen LogP contribution in [-0.4, -0.2) is 55.8 Å². The van der Waals surface area contributed by atoms with Crippen LogP contribution in [0.4, 0.5) is 4.39 Å². The molecule has 1 unspecified atom stereocenters. The van der Waals surface area contributed by atoms with E-state index in [1.165, 1.54) is 37.3 Å². The van der Waals surface area contributed by atoms with Crippen molar-refractivity contribution in [3.05, 3.63) is 29.6 Å². The fourth-order valence-corrected chi connectivity index (χ4v) is 2.88. The Morgan fingerprint density at radius 1 is 1.39 bits per heavy atom. The smallest absolute Gasteiger partial charge is 0.313 e. The molecule has 1 N–H and O–H groups in total. The van der Waals surface area contributed by atoms with E-state index in [9.17, 15) is 19.1 Å². The number of amides is 1. The maximum atomic E-state index is 13.4. The van der Waals surface area contributed by atoms with E-state index in [1.54, 1.807) is 0 Å². The van der Waals surface area contributed by atoms with Gasteiger partial charge in [-0.2, -0.15) is 0 Å². The number of aliphatic carboxylic acids is 1. The standard InChI is InChI=1S/C16H20FNO5/c1-22-10-16(15(20)21)5-6-18(9-16)14(19)8-11-7-12(17)3-4-13(11)23-2/h3-4,7H,5-6,8-10H2,1-2H3,(H,20,21). The Balaban J connectivity index is 2.11. The van der Waals surface area contributed by atoms with Gasteiger partial charge in [-0.25, -0.2) is 4.39 Å². The van der Waals surface area contributed by atoms with E-state index in [4.69, 9.17) is 9.47 Å². The Kier molecular flexibility index (Phi) is 5.20. The van der Waals surface area contributed by atoms with Gasteiger partial charge in [0.05, 0.1) is 20.1 Å². The van der Waals surface area contributed by atoms with Gasteiger partial charge in [-0.3, -0.25) is 9.59 Å². The number of carbonyl (C=O) groups is 2. The third kappa shape index (κ3) is 3.61. The number of carboxylic acid groups (broad SMARTS) is 1. The van der Waals surface area contributed by atoms with Crippen molar-refractivity contribution in [1.82, 2.24) is 4.90 Å². The number of likely N-dealkylation sites (tertiary alicyclic amines) is 1. The summed E-state index contributed by atoms with van der Waals surface area (Å²) < 4.78 is 23.5. The summed E-state index contributed by atoms with van der Waals surface area (Å²) in [6, 6.07) is 3.98. The molecule has 0 saturated carbocycles. The molecule has 1 amide bonds. The molecule has 1 aromatic rings. The Hall–Kier alpha value is -2.15. The van der Waals surface area contributed by atoms with Crippen LogP contribution in [0.1, 0.15) is 12.0 Å². The Morgan fingerprint density at radius 2 is 2.13 bits per heavy atom. The molecule has 1 heterocycles. The molecule has 1 atom stereocenters. The van der Waals surface area contributed by atoms with E-state index in [0.717, 1.165) is 0 Å². The van der Waals surface area contributed by atoms with Crippen molar-refractivity contribution >= 4 is 11.9 Å². The second-order valence-electron chi connectivity index (χ2n) is 5.72. The van der Waals surface area contributed by atoms with E-state index in [0.29, 0.717) is 24.3 Å². The lowest BCUT2D eigenvalue weighted by atomic mass is 9.88. The molecule has 126 valence electrons. The molecule has 1 aliphatic rings. The second-order valence-corrected chi connectivity index (χ2v) is 5.72. The van der Waals surface area contributed by atoms with Gasteiger partial charge < -0.3 is 19.5 Å². The molecule has 6 nitrogen and oxygen atoms in total. The number of hydrogen-bond acceptors (Lipinski definition) is 4. The number of benzene rings is 1. The molecule has 0 spiro atoms. The number of methoxy groups -OCH3 is 2. The van der Waals surface area contributed by atoms with Crippen LogP contribution in [0.25, 0.3) is 0 Å². The molecular weight excluding hydrogens is 305 g/mol. The maximum absolute atomic E-state index is 13.4. The minimum absolute atomic E-state index is 0.0381. The van der Waals surface area contributed by atoms with E-state index < -0.39 is 17.2 Å². The van der Waals surface area contributed by atoms with Gasteiger partial charge in [0, 0.05) is 25.8 Å². The number of hydrogen-bond donors (Lipinski definition) is 1. The minimum Gasteiger partial charge on any atom is -0.496 e. The number of carbonyl (C=O) groups excluding carboxylic acids is 1. The van der Waals surface area contributed by atoms with E-state index in [1.807, 2.05) is 0 Å². The molecule has 1 fully saturated rings. The monoisotopic (exact) mass is 325 g/mol. The first kappa shape index (κ1) is 17.2. The van der Waals surface area contributed by atoms with Gasteiger partial charge in [0.2, 0.25) is 5.91 Å². The van der Waals surface area contributed by atoms with Crippen LogP contribution < -0.4 is 4.74 Å². The predicted molar refractivity (Wildman–Crippen MR) is 79.8 cm³/mol. The second kappa shape index (κ2) is 6.95. The summed E-state index contributed by atoms with van der Waals surface area (Å²) in [4.78, 5) is 25.4. The fourth-order valence-electron chi connectivity index (χ4n) is 2.88. The lowest BCUT2D eigenvalue weighted by molar-refractivity contribution is -0.151. The number of halogens is 1. The number of carboxylic acids is 1. The molecule has 1 saturated heterocycles. The maximum Gasteiger partial charge on any atom is 0.313 e. The van der Waals surface area contributed by atoms with Crippen LogP contribution in [0.5, 0.6) is 5.75 Å². The van der Waals surface area contributed by atoms with Gasteiger partial charge in [-0.1, -0.05) is 0 Å². The van der Waals surface area contributed by atoms with E-state index in [-0.39, 0.29) is 25.5 Å². The molecular formula is C16H20FNO5. The van der Waals surface area contributed by atoms with E-state index >= 15 is 0 Å². The summed E-state index contributed by atoms with van der Waals surface area (Å²) in [6.45, 7) is 0.480. The molecule has 0 aliphatic carbocycles. The van der Waals surface area contributed by atoms with Gasteiger partial charge in [0.25, 0.3) is 0 Å². The largest absolute Gasteiger partial charge is 0.496 e. The molecule has 0 bridgehead atoms. The first-order valence-electron chi connectivity index (χ1n) is 7.24. The zero-order valence-corrected chi connectivity index (χ0v) is 13.2. The quantitative estimate of drug-likeness (QED) is 0.854. The fraction of sp³-hybridized carbons (Fsp3) is 0.500. The normalized spacial score (nSPS) is 20.6. The SMILES string of the molecule is COCC1(C(=O)O)CCN(C(=O)Cc2cc(F)ccc2OC)C1. The molecule has 23 heavy (non-hydrogen) atoms. The Bertz CT molecular complexity index is 606. The van der Waals surface area contributed by atoms with Gasteiger partial charge in [0.15, 0.2) is 0 Å². The van der Waals surface area contributed by atoms with Crippen molar-refractivity contribution in [2.24, 2.45) is 5.41 Å². The molecule has 7 heteroatoms. The Morgan fingerprint density at radius 3 is 2.74 bits per heavy atom. The summed E-state index contributed by atoms with van der Waals surface area (Å²) >= 11 is 0. The average Bonchev–Trinajstić information content (AvgIpc) is 2.94. The molecule has 1 aromatic carbocycles. The van der Waals surface area contributed by atoms with Crippen molar-refractivity contribution < 1.29 is 28.6 Å². The van der Waals surface area contributed by atoms with Crippen molar-refractivity contribution in [2.75, 3.05) is 33.9 Å². The number of ether oxygens (including phenoxy) is 2. The van der Waals surface area contributed by atoms with Crippen LogP contribution in [0, 0.1) is 11.2 Å². The molecule has 0 radical (unpaired) electrons. The zero-order valence-electron chi connectivity index (χ0n) is 13.2. The van der Waals surface area contributed by atoms with Crippen molar-refractivity contribution in [2.45, 2.75) is 12.8 Å². The molecule has 1 aliphatic heterocycles. The van der Waals surface area contributed by atoms with E-state index in [2.05, 4.69) is 0 Å². The van der Waals surface area contributed by atoms with Crippen molar-refractivity contribution in [3.8, 4) is 5.75 Å². The average molecular weight is 325 g/mol. The predicted octanol–water partition coefficient (Wildman–Crippen LogP) is 1.33. The summed E-state index contributed by atoms with van der Waals surface area (Å²) in [5, 5.41) is 9.42. The minimum atomic E-state index is -1.07. The van der Waals surface area contributed by atoms with Crippen LogP contribution in [-0.2, 0) is 20.7 Å². The highest BCUT2D eigenvalue weighted by Crippen LogP contribution is 2.32. The topological polar surface area (TPSA) is 76.1 Å². The highest BCUT2D eigenvalue weighted by molar-refractivity contribution is 5.82. The summed E-state index contributed by atoms with van der Waals surface area (Å²) in [5.74, 6) is -1.25. The highest BCUT2D eigenvalue weighted by atomic mass is 19.1. The molecule has 0 aromatic heterocycles. The van der Waals surface area contributed by atoms with Gasteiger partial charge in [-0.05, 0) is 24.6 Å². The molecule has 2 rings (SSSR count). The van der Waals surface area contributed by atoms with Crippen molar-refractivity contribution in [1.29, 1.82) is 0 Å². The Labute approximate surface area is 133 Å². The first-order chi connectivity index (χ1) is 10.9. The highest BCUT2D eigenvalue weighted by Gasteiger charge is 2.46. The summed E-state index contributed by atoms with van der Waals surface area (Å²) in [6.07, 6.45) is 0.297. The number of rotatable bonds is 6. The lowest BCUT2D eigenvalue weighted by Gasteiger charge is -2.24. The van der Waals surface area contributed by atoms with Gasteiger partial charge >= 0.3 is 5.97 Å². The van der Waals surface area contributed by atoms with Crippen LogP contribution in [0.3, 0.4) is 0 Å². The van der Waals surface area contributed by atoms with Crippen LogP contribution in [0.15, 0.2) is 18.2 Å². The third-order valence-corrected chi connectivity index (χ3v) is 4.16. The first-order valence-corrected chi connectivity index (χ1v) is 7.24. The van der Waals surface area contributed by atoms with Crippen LogP contribution in [0.2, 0.25) is 0 Å². The lowest BCUT2D eigenvalue weighted by Crippen LogP contribution is -2.40. The zero-order chi connectivity index (χ0) is 17.0.